The number of amides is 1. The molecule has 1 aromatic carbocycles. The molecule has 6 nitrogen and oxygen atoms in total. The van der Waals surface area contributed by atoms with Gasteiger partial charge in [0.05, 0.1) is 19.6 Å². The molecule has 1 amide bonds. The number of rotatable bonds is 4. The van der Waals surface area contributed by atoms with Crippen LogP contribution < -0.4 is 10.1 Å². The SMILES string of the molecule is COC(=O)C1(c2cccc(OC)c2)CCC(NC(=O)OC(C)(C)C)CC1. The van der Waals surface area contributed by atoms with Crippen LogP contribution in [0.3, 0.4) is 0 Å². The second kappa shape index (κ2) is 7.98. The topological polar surface area (TPSA) is 73.9 Å². The molecule has 2 rings (SSSR count). The zero-order valence-corrected chi connectivity index (χ0v) is 16.3. The van der Waals surface area contributed by atoms with Gasteiger partial charge in [0.1, 0.15) is 11.4 Å². The summed E-state index contributed by atoms with van der Waals surface area (Å²) in [4.78, 5) is 24.6. The van der Waals surface area contributed by atoms with Crippen molar-refractivity contribution in [2.24, 2.45) is 0 Å². The lowest BCUT2D eigenvalue weighted by Gasteiger charge is -2.38. The van der Waals surface area contributed by atoms with Crippen LogP contribution in [0.25, 0.3) is 0 Å². The first kappa shape index (κ1) is 20.1. The summed E-state index contributed by atoms with van der Waals surface area (Å²) in [6.45, 7) is 5.50. The van der Waals surface area contributed by atoms with Gasteiger partial charge < -0.3 is 19.5 Å². The molecule has 0 radical (unpaired) electrons. The van der Waals surface area contributed by atoms with Crippen molar-refractivity contribution in [1.29, 1.82) is 0 Å². The molecule has 0 saturated heterocycles. The molecule has 1 N–H and O–H groups in total. The van der Waals surface area contributed by atoms with Crippen LogP contribution in [-0.4, -0.2) is 37.9 Å². The Bertz CT molecular complexity index is 642. The van der Waals surface area contributed by atoms with Gasteiger partial charge in [0.15, 0.2) is 0 Å². The Morgan fingerprint density at radius 1 is 1.15 bits per heavy atom. The summed E-state index contributed by atoms with van der Waals surface area (Å²) in [5.74, 6) is 0.459. The molecule has 1 saturated carbocycles. The zero-order valence-electron chi connectivity index (χ0n) is 16.3. The molecular formula is C20H29NO5. The predicted molar refractivity (Wildman–Crippen MR) is 98.3 cm³/mol. The molecule has 1 fully saturated rings. The molecule has 1 aliphatic carbocycles. The van der Waals surface area contributed by atoms with Crippen LogP contribution in [-0.2, 0) is 19.7 Å². The molecule has 0 aromatic heterocycles. The molecule has 0 atom stereocenters. The van der Waals surface area contributed by atoms with Crippen molar-refractivity contribution in [2.45, 2.75) is 63.5 Å². The Hall–Kier alpha value is -2.24. The predicted octanol–water partition coefficient (Wildman–Crippen LogP) is 3.57. The van der Waals surface area contributed by atoms with Gasteiger partial charge in [-0.3, -0.25) is 4.79 Å². The van der Waals surface area contributed by atoms with E-state index in [0.29, 0.717) is 31.4 Å². The first-order valence-corrected chi connectivity index (χ1v) is 8.92. The van der Waals surface area contributed by atoms with E-state index in [4.69, 9.17) is 14.2 Å². The molecule has 144 valence electrons. The highest BCUT2D eigenvalue weighted by Crippen LogP contribution is 2.41. The van der Waals surface area contributed by atoms with Gasteiger partial charge >= 0.3 is 12.1 Å². The fraction of sp³-hybridized carbons (Fsp3) is 0.600. The van der Waals surface area contributed by atoms with Gasteiger partial charge in [-0.25, -0.2) is 4.79 Å². The Kier molecular flexibility index (Phi) is 6.16. The maximum absolute atomic E-state index is 12.6. The van der Waals surface area contributed by atoms with Crippen LogP contribution in [0.2, 0.25) is 0 Å². The van der Waals surface area contributed by atoms with Crippen molar-refractivity contribution >= 4 is 12.1 Å². The standard InChI is InChI=1S/C20H29NO5/c1-19(2,3)26-18(23)21-15-9-11-20(12-10-15,17(22)25-5)14-7-6-8-16(13-14)24-4/h6-8,13,15H,9-12H2,1-5H3,(H,21,23). The quantitative estimate of drug-likeness (QED) is 0.828. The minimum absolute atomic E-state index is 0.0201. The molecule has 26 heavy (non-hydrogen) atoms. The van der Waals surface area contributed by atoms with Crippen molar-refractivity contribution in [3.8, 4) is 5.75 Å². The van der Waals surface area contributed by atoms with Crippen molar-refractivity contribution in [2.75, 3.05) is 14.2 Å². The van der Waals surface area contributed by atoms with Gasteiger partial charge in [0, 0.05) is 6.04 Å². The smallest absolute Gasteiger partial charge is 0.407 e. The van der Waals surface area contributed by atoms with E-state index in [0.717, 1.165) is 5.56 Å². The molecule has 0 aliphatic heterocycles. The Morgan fingerprint density at radius 2 is 1.81 bits per heavy atom. The fourth-order valence-corrected chi connectivity index (χ4v) is 3.46. The third-order valence-electron chi connectivity index (χ3n) is 4.76. The molecule has 1 aliphatic rings. The van der Waals surface area contributed by atoms with Crippen LogP contribution in [0, 0.1) is 0 Å². The minimum Gasteiger partial charge on any atom is -0.497 e. The summed E-state index contributed by atoms with van der Waals surface area (Å²) in [6, 6.07) is 7.53. The minimum atomic E-state index is -0.713. The number of methoxy groups -OCH3 is 2. The summed E-state index contributed by atoms with van der Waals surface area (Å²) in [7, 11) is 3.01. The first-order valence-electron chi connectivity index (χ1n) is 8.92. The van der Waals surface area contributed by atoms with Gasteiger partial charge in [0.2, 0.25) is 0 Å². The van der Waals surface area contributed by atoms with E-state index in [1.165, 1.54) is 7.11 Å². The van der Waals surface area contributed by atoms with Crippen molar-refractivity contribution < 1.29 is 23.8 Å². The van der Waals surface area contributed by atoms with E-state index >= 15 is 0 Å². The number of alkyl carbamates (subject to hydrolysis) is 1. The van der Waals surface area contributed by atoms with E-state index in [1.54, 1.807) is 7.11 Å². The number of hydrogen-bond acceptors (Lipinski definition) is 5. The van der Waals surface area contributed by atoms with Crippen LogP contribution in [0.1, 0.15) is 52.0 Å². The molecule has 6 heteroatoms. The van der Waals surface area contributed by atoms with Crippen molar-refractivity contribution in [1.82, 2.24) is 5.32 Å². The van der Waals surface area contributed by atoms with Gasteiger partial charge in [-0.15, -0.1) is 0 Å². The average Bonchev–Trinajstić information content (AvgIpc) is 2.60. The number of hydrogen-bond donors (Lipinski definition) is 1. The number of nitrogens with one attached hydrogen (secondary N) is 1. The van der Waals surface area contributed by atoms with Crippen molar-refractivity contribution in [3.63, 3.8) is 0 Å². The van der Waals surface area contributed by atoms with Gasteiger partial charge in [-0.2, -0.15) is 0 Å². The first-order chi connectivity index (χ1) is 12.2. The average molecular weight is 363 g/mol. The molecular weight excluding hydrogens is 334 g/mol. The number of carbonyl (C=O) groups excluding carboxylic acids is 2. The number of carbonyl (C=O) groups is 2. The van der Waals surface area contributed by atoms with Crippen LogP contribution in [0.15, 0.2) is 24.3 Å². The summed E-state index contributed by atoms with van der Waals surface area (Å²) in [5, 5.41) is 2.91. The Balaban J connectivity index is 2.12. The normalized spacial score (nSPS) is 23.0. The summed E-state index contributed by atoms with van der Waals surface area (Å²) >= 11 is 0. The number of benzene rings is 1. The monoisotopic (exact) mass is 363 g/mol. The Morgan fingerprint density at radius 3 is 2.35 bits per heavy atom. The summed E-state index contributed by atoms with van der Waals surface area (Å²) in [6.07, 6.45) is 2.10. The number of esters is 1. The number of ether oxygens (including phenoxy) is 3. The lowest BCUT2D eigenvalue weighted by Crippen LogP contribution is -2.47. The van der Waals surface area contributed by atoms with E-state index in [1.807, 2.05) is 45.0 Å². The summed E-state index contributed by atoms with van der Waals surface area (Å²) in [5.41, 5.74) is -0.357. The van der Waals surface area contributed by atoms with E-state index in [9.17, 15) is 9.59 Å². The van der Waals surface area contributed by atoms with Crippen LogP contribution in [0.4, 0.5) is 4.79 Å². The highest BCUT2D eigenvalue weighted by Gasteiger charge is 2.45. The highest BCUT2D eigenvalue weighted by atomic mass is 16.6. The third kappa shape index (κ3) is 4.68. The maximum atomic E-state index is 12.6. The maximum Gasteiger partial charge on any atom is 0.407 e. The molecule has 0 unspecified atom stereocenters. The second-order valence-corrected chi connectivity index (χ2v) is 7.73. The molecule has 0 spiro atoms. The summed E-state index contributed by atoms with van der Waals surface area (Å²) < 4.78 is 15.7. The third-order valence-corrected chi connectivity index (χ3v) is 4.76. The highest BCUT2D eigenvalue weighted by molar-refractivity contribution is 5.83. The van der Waals surface area contributed by atoms with E-state index in [-0.39, 0.29) is 12.0 Å². The van der Waals surface area contributed by atoms with Gasteiger partial charge in [-0.1, -0.05) is 12.1 Å². The van der Waals surface area contributed by atoms with Gasteiger partial charge in [-0.05, 0) is 64.2 Å². The van der Waals surface area contributed by atoms with E-state index in [2.05, 4.69) is 5.32 Å². The van der Waals surface area contributed by atoms with Crippen LogP contribution in [0.5, 0.6) is 5.75 Å². The van der Waals surface area contributed by atoms with E-state index < -0.39 is 17.1 Å². The van der Waals surface area contributed by atoms with Crippen LogP contribution >= 0.6 is 0 Å². The molecule has 0 bridgehead atoms. The molecule has 0 heterocycles. The second-order valence-electron chi connectivity index (χ2n) is 7.73. The largest absolute Gasteiger partial charge is 0.497 e. The lowest BCUT2D eigenvalue weighted by atomic mass is 9.68. The molecule has 1 aromatic rings. The van der Waals surface area contributed by atoms with Crippen molar-refractivity contribution in [3.05, 3.63) is 29.8 Å². The lowest BCUT2D eigenvalue weighted by molar-refractivity contribution is -0.149. The Labute approximate surface area is 155 Å². The van der Waals surface area contributed by atoms with Gasteiger partial charge in [0.25, 0.3) is 0 Å². The fourth-order valence-electron chi connectivity index (χ4n) is 3.46. The zero-order chi connectivity index (χ0) is 19.4.